The monoisotopic (exact) mass is 534 g/mol. The smallest absolute Gasteiger partial charge is 0.277 e. The zero-order chi connectivity index (χ0) is 18.4. The second kappa shape index (κ2) is 9.21. The zero-order valence-electron chi connectivity index (χ0n) is 12.9. The number of carbonyl (C=O) groups excluding carboxylic acids is 1. The Kier molecular flexibility index (Phi) is 7.27. The van der Waals surface area contributed by atoms with Gasteiger partial charge < -0.3 is 14.6 Å². The predicted molar refractivity (Wildman–Crippen MR) is 105 cm³/mol. The summed E-state index contributed by atoms with van der Waals surface area (Å²) in [5.41, 5.74) is 2.93. The van der Waals surface area contributed by atoms with E-state index >= 15 is 0 Å². The van der Waals surface area contributed by atoms with E-state index in [1.807, 2.05) is 0 Å². The predicted octanol–water partition coefficient (Wildman–Crippen LogP) is 4.22. The van der Waals surface area contributed by atoms with E-state index in [2.05, 4.69) is 58.3 Å². The van der Waals surface area contributed by atoms with Crippen molar-refractivity contribution in [1.82, 2.24) is 5.43 Å². The van der Waals surface area contributed by atoms with Crippen LogP contribution in [0.4, 0.5) is 0 Å². The summed E-state index contributed by atoms with van der Waals surface area (Å²) in [6.45, 7) is -0.217. The van der Waals surface area contributed by atoms with Crippen molar-refractivity contribution >= 4 is 59.9 Å². The summed E-state index contributed by atoms with van der Waals surface area (Å²) < 4.78 is 12.2. The molecular weight excluding hydrogens is 524 g/mol. The molecule has 0 radical (unpaired) electrons. The number of nitrogens with zero attached hydrogens (tertiary/aromatic N) is 1. The Morgan fingerprint density at radius 1 is 1.24 bits per heavy atom. The first-order valence-electron chi connectivity index (χ1n) is 6.88. The fourth-order valence-electron chi connectivity index (χ4n) is 1.80. The number of rotatable bonds is 6. The fourth-order valence-corrected chi connectivity index (χ4v) is 4.12. The zero-order valence-corrected chi connectivity index (χ0v) is 17.7. The first-order valence-corrected chi connectivity index (χ1v) is 9.26. The van der Waals surface area contributed by atoms with Crippen LogP contribution >= 0.6 is 47.8 Å². The molecule has 0 bridgehead atoms. The molecule has 9 heteroatoms. The van der Waals surface area contributed by atoms with Crippen molar-refractivity contribution in [3.05, 3.63) is 49.3 Å². The number of amides is 1. The van der Waals surface area contributed by atoms with Gasteiger partial charge in [-0.2, -0.15) is 5.10 Å². The number of hydrazone groups is 1. The van der Waals surface area contributed by atoms with Crippen LogP contribution in [0.2, 0.25) is 0 Å². The fraction of sp³-hybridized carbons (Fsp3) is 0.125. The van der Waals surface area contributed by atoms with Crippen molar-refractivity contribution in [2.75, 3.05) is 13.7 Å². The number of nitrogens with one attached hydrogen (secondary N) is 1. The second-order valence-corrected chi connectivity index (χ2v) is 7.15. The maximum atomic E-state index is 11.8. The number of hydrogen-bond donors (Lipinski definition) is 2. The number of para-hydroxylation sites is 2. The molecule has 0 aliphatic carbocycles. The lowest BCUT2D eigenvalue weighted by atomic mass is 10.2. The summed E-state index contributed by atoms with van der Waals surface area (Å²) in [6, 6.07) is 8.70. The van der Waals surface area contributed by atoms with Crippen LogP contribution in [-0.2, 0) is 4.79 Å². The molecule has 25 heavy (non-hydrogen) atoms. The average Bonchev–Trinajstić information content (AvgIpc) is 2.61. The number of benzene rings is 2. The van der Waals surface area contributed by atoms with Gasteiger partial charge in [0.1, 0.15) is 5.75 Å². The topological polar surface area (TPSA) is 80.2 Å². The maximum Gasteiger partial charge on any atom is 0.277 e. The van der Waals surface area contributed by atoms with Crippen LogP contribution in [0.1, 0.15) is 5.56 Å². The van der Waals surface area contributed by atoms with Crippen LogP contribution in [0.3, 0.4) is 0 Å². The quantitative estimate of drug-likeness (QED) is 0.428. The highest BCUT2D eigenvalue weighted by Crippen LogP contribution is 2.38. The van der Waals surface area contributed by atoms with Crippen LogP contribution < -0.4 is 14.9 Å². The van der Waals surface area contributed by atoms with Crippen molar-refractivity contribution in [3.63, 3.8) is 0 Å². The minimum atomic E-state index is -0.435. The third kappa shape index (κ3) is 5.20. The van der Waals surface area contributed by atoms with E-state index in [-0.39, 0.29) is 12.4 Å². The van der Waals surface area contributed by atoms with Gasteiger partial charge in [0.25, 0.3) is 5.91 Å². The van der Waals surface area contributed by atoms with Crippen LogP contribution in [-0.4, -0.2) is 30.9 Å². The van der Waals surface area contributed by atoms with Crippen molar-refractivity contribution in [2.45, 2.75) is 0 Å². The normalized spacial score (nSPS) is 10.7. The molecule has 0 saturated heterocycles. The Hall–Kier alpha value is -1.58. The van der Waals surface area contributed by atoms with E-state index in [1.165, 1.54) is 13.3 Å². The Balaban J connectivity index is 1.96. The SMILES string of the molecule is COc1ccccc1OCC(=O)NN=Cc1c(Br)cc(Br)c(O)c1Br. The summed E-state index contributed by atoms with van der Waals surface area (Å²) in [7, 11) is 1.52. The summed E-state index contributed by atoms with van der Waals surface area (Å²) >= 11 is 9.86. The van der Waals surface area contributed by atoms with Gasteiger partial charge in [-0.25, -0.2) is 5.43 Å². The first-order chi connectivity index (χ1) is 11.9. The summed E-state index contributed by atoms with van der Waals surface area (Å²) in [5, 5.41) is 13.8. The van der Waals surface area contributed by atoms with Gasteiger partial charge in [-0.05, 0) is 50.1 Å². The van der Waals surface area contributed by atoms with Gasteiger partial charge in [-0.3, -0.25) is 4.79 Å². The molecule has 2 aromatic carbocycles. The van der Waals surface area contributed by atoms with E-state index in [0.717, 1.165) is 0 Å². The molecule has 0 unspecified atom stereocenters. The van der Waals surface area contributed by atoms with E-state index < -0.39 is 5.91 Å². The Morgan fingerprint density at radius 2 is 1.92 bits per heavy atom. The van der Waals surface area contributed by atoms with E-state index in [9.17, 15) is 9.90 Å². The lowest BCUT2D eigenvalue weighted by Gasteiger charge is -2.09. The van der Waals surface area contributed by atoms with Gasteiger partial charge in [-0.1, -0.05) is 28.1 Å². The number of methoxy groups -OCH3 is 1. The molecule has 0 aliphatic rings. The molecule has 0 spiro atoms. The second-order valence-electron chi connectivity index (χ2n) is 4.65. The van der Waals surface area contributed by atoms with Gasteiger partial charge in [0.15, 0.2) is 18.1 Å². The summed E-state index contributed by atoms with van der Waals surface area (Å²) in [4.78, 5) is 11.8. The maximum absolute atomic E-state index is 11.8. The average molecular weight is 537 g/mol. The van der Waals surface area contributed by atoms with Gasteiger partial charge in [0.2, 0.25) is 0 Å². The van der Waals surface area contributed by atoms with Crippen LogP contribution in [0.25, 0.3) is 0 Å². The molecule has 0 aliphatic heterocycles. The molecule has 2 aromatic rings. The third-order valence-electron chi connectivity index (χ3n) is 2.99. The van der Waals surface area contributed by atoms with Gasteiger partial charge in [0, 0.05) is 10.0 Å². The minimum Gasteiger partial charge on any atom is -0.506 e. The lowest BCUT2D eigenvalue weighted by Crippen LogP contribution is -2.24. The number of carbonyl (C=O) groups is 1. The number of phenols is 1. The molecule has 0 heterocycles. The summed E-state index contributed by atoms with van der Waals surface area (Å²) in [5.74, 6) is 0.607. The van der Waals surface area contributed by atoms with Crippen molar-refractivity contribution in [3.8, 4) is 17.2 Å². The third-order valence-corrected chi connectivity index (χ3v) is 5.06. The van der Waals surface area contributed by atoms with Crippen LogP contribution in [0.15, 0.2) is 48.9 Å². The van der Waals surface area contributed by atoms with Crippen LogP contribution in [0, 0.1) is 0 Å². The van der Waals surface area contributed by atoms with E-state index in [1.54, 1.807) is 30.3 Å². The van der Waals surface area contributed by atoms with Crippen molar-refractivity contribution in [2.24, 2.45) is 5.10 Å². The largest absolute Gasteiger partial charge is 0.506 e. The van der Waals surface area contributed by atoms with Crippen molar-refractivity contribution in [1.29, 1.82) is 0 Å². The Labute approximate surface area is 169 Å². The molecule has 2 N–H and O–H groups in total. The lowest BCUT2D eigenvalue weighted by molar-refractivity contribution is -0.123. The van der Waals surface area contributed by atoms with Crippen molar-refractivity contribution < 1.29 is 19.4 Å². The summed E-state index contributed by atoms with van der Waals surface area (Å²) in [6.07, 6.45) is 1.40. The molecule has 0 fully saturated rings. The number of phenolic OH excluding ortho intramolecular Hbond substituents is 1. The van der Waals surface area contributed by atoms with E-state index in [0.29, 0.717) is 30.5 Å². The number of ether oxygens (including phenoxy) is 2. The molecule has 2 rings (SSSR count). The highest BCUT2D eigenvalue weighted by Gasteiger charge is 2.12. The molecule has 0 atom stereocenters. The molecule has 1 amide bonds. The van der Waals surface area contributed by atoms with Gasteiger partial charge >= 0.3 is 0 Å². The minimum absolute atomic E-state index is 0.0375. The van der Waals surface area contributed by atoms with Crippen LogP contribution in [0.5, 0.6) is 17.2 Å². The Morgan fingerprint density at radius 3 is 2.60 bits per heavy atom. The number of halogens is 3. The van der Waals surface area contributed by atoms with Gasteiger partial charge in [-0.15, -0.1) is 0 Å². The highest BCUT2D eigenvalue weighted by atomic mass is 79.9. The molecule has 0 aromatic heterocycles. The van der Waals surface area contributed by atoms with E-state index in [4.69, 9.17) is 9.47 Å². The molecule has 132 valence electrons. The molecular formula is C16H13Br3N2O4. The molecule has 0 saturated carbocycles. The molecule has 6 nitrogen and oxygen atoms in total. The number of aromatic hydroxyl groups is 1. The Bertz CT molecular complexity index is 812. The standard InChI is InChI=1S/C16H13Br3N2O4/c1-24-12-4-2-3-5-13(12)25-8-14(22)21-20-7-9-10(17)6-11(18)16(23)15(9)19/h2-7,23H,8H2,1H3,(H,21,22). The number of hydrogen-bond acceptors (Lipinski definition) is 5. The van der Waals surface area contributed by atoms with Gasteiger partial charge in [0.05, 0.1) is 22.3 Å². The highest BCUT2D eigenvalue weighted by molar-refractivity contribution is 9.11. The first kappa shape index (κ1) is 19.7.